The zero-order valence-electron chi connectivity index (χ0n) is 13.8. The van der Waals surface area contributed by atoms with Crippen LogP contribution in [0.1, 0.15) is 11.3 Å². The second-order valence-corrected chi connectivity index (χ2v) is 5.70. The molecule has 0 spiro atoms. The number of benzene rings is 1. The van der Waals surface area contributed by atoms with E-state index in [1.54, 1.807) is 41.3 Å². The summed E-state index contributed by atoms with van der Waals surface area (Å²) >= 11 is 1.13. The normalized spacial score (nSPS) is 10.8. The van der Waals surface area contributed by atoms with Crippen molar-refractivity contribution in [2.24, 2.45) is 0 Å². The molecule has 0 saturated heterocycles. The highest BCUT2D eigenvalue weighted by molar-refractivity contribution is 7.07. The Balaban J connectivity index is 1.95. The molecule has 7 heteroatoms. The molecule has 0 saturated carbocycles. The standard InChI is InChI=1S/C17H19NO5S/c1-12-11-24-17(20)18(12)9-10-23-15(19)8-7-13-5-4-6-14(21-2)16(13)22-3/h4-8,11H,9-10H2,1-3H3/b8-7+. The lowest BCUT2D eigenvalue weighted by Gasteiger charge is -2.09. The van der Waals surface area contributed by atoms with Gasteiger partial charge in [0.15, 0.2) is 11.5 Å². The first-order valence-corrected chi connectivity index (χ1v) is 8.15. The van der Waals surface area contributed by atoms with Crippen molar-refractivity contribution in [3.63, 3.8) is 0 Å². The Morgan fingerprint density at radius 3 is 2.71 bits per heavy atom. The average molecular weight is 349 g/mol. The first-order chi connectivity index (χ1) is 11.6. The highest BCUT2D eigenvalue weighted by Crippen LogP contribution is 2.31. The van der Waals surface area contributed by atoms with Gasteiger partial charge in [0.05, 0.1) is 20.8 Å². The summed E-state index contributed by atoms with van der Waals surface area (Å²) in [5.41, 5.74) is 1.57. The molecule has 6 nitrogen and oxygen atoms in total. The molecule has 0 bridgehead atoms. The SMILES string of the molecule is COc1cccc(/C=C/C(=O)OCCn2c(C)csc2=O)c1OC. The first kappa shape index (κ1) is 17.8. The minimum atomic E-state index is -0.485. The van der Waals surface area contributed by atoms with Crippen LogP contribution in [0.4, 0.5) is 0 Å². The maximum atomic E-state index is 11.8. The van der Waals surface area contributed by atoms with Gasteiger partial charge in [0.25, 0.3) is 0 Å². The molecule has 24 heavy (non-hydrogen) atoms. The summed E-state index contributed by atoms with van der Waals surface area (Å²) in [5.74, 6) is 0.644. The fourth-order valence-electron chi connectivity index (χ4n) is 2.16. The van der Waals surface area contributed by atoms with E-state index in [1.807, 2.05) is 6.92 Å². The molecule has 2 aromatic rings. The molecule has 0 amide bonds. The van der Waals surface area contributed by atoms with Gasteiger partial charge in [-0.05, 0) is 19.1 Å². The van der Waals surface area contributed by atoms with E-state index in [0.717, 1.165) is 17.0 Å². The van der Waals surface area contributed by atoms with Crippen LogP contribution in [0.25, 0.3) is 6.08 Å². The molecule has 0 fully saturated rings. The molecule has 128 valence electrons. The number of thiazole rings is 1. The van der Waals surface area contributed by atoms with Crippen molar-refractivity contribution < 1.29 is 19.0 Å². The molecule has 0 aliphatic heterocycles. The number of methoxy groups -OCH3 is 2. The number of carbonyl (C=O) groups is 1. The van der Waals surface area contributed by atoms with Crippen molar-refractivity contribution in [1.29, 1.82) is 0 Å². The van der Waals surface area contributed by atoms with Gasteiger partial charge in [0.1, 0.15) is 6.61 Å². The Labute approximate surface area is 143 Å². The first-order valence-electron chi connectivity index (χ1n) is 7.27. The van der Waals surface area contributed by atoms with Gasteiger partial charge in [-0.25, -0.2) is 4.79 Å². The molecule has 1 aromatic heterocycles. The lowest BCUT2D eigenvalue weighted by Crippen LogP contribution is -2.19. The lowest BCUT2D eigenvalue weighted by atomic mass is 10.1. The third-order valence-corrected chi connectivity index (χ3v) is 4.25. The van der Waals surface area contributed by atoms with E-state index in [4.69, 9.17) is 14.2 Å². The number of hydrogen-bond donors (Lipinski definition) is 0. The van der Waals surface area contributed by atoms with Crippen molar-refractivity contribution >= 4 is 23.4 Å². The van der Waals surface area contributed by atoms with Crippen LogP contribution in [0.5, 0.6) is 11.5 Å². The van der Waals surface area contributed by atoms with E-state index in [2.05, 4.69) is 0 Å². The van der Waals surface area contributed by atoms with E-state index in [9.17, 15) is 9.59 Å². The Morgan fingerprint density at radius 2 is 2.08 bits per heavy atom. The molecular formula is C17H19NO5S. The number of hydrogen-bond acceptors (Lipinski definition) is 6. The number of esters is 1. The zero-order chi connectivity index (χ0) is 17.5. The summed E-state index contributed by atoms with van der Waals surface area (Å²) in [7, 11) is 3.09. The van der Waals surface area contributed by atoms with E-state index in [1.165, 1.54) is 13.2 Å². The van der Waals surface area contributed by atoms with Crippen LogP contribution in [0, 0.1) is 6.92 Å². The van der Waals surface area contributed by atoms with Gasteiger partial charge >= 0.3 is 10.8 Å². The highest BCUT2D eigenvalue weighted by Gasteiger charge is 2.08. The molecule has 0 aliphatic carbocycles. The largest absolute Gasteiger partial charge is 0.493 e. The fourth-order valence-corrected chi connectivity index (χ4v) is 2.92. The molecule has 1 heterocycles. The number of ether oxygens (including phenoxy) is 3. The van der Waals surface area contributed by atoms with Crippen molar-refractivity contribution in [2.75, 3.05) is 20.8 Å². The molecular weight excluding hydrogens is 330 g/mol. The molecule has 0 unspecified atom stereocenters. The van der Waals surface area contributed by atoms with Crippen LogP contribution in [0.2, 0.25) is 0 Å². The summed E-state index contributed by atoms with van der Waals surface area (Å²) in [6.45, 7) is 2.32. The third-order valence-electron chi connectivity index (χ3n) is 3.37. The topological polar surface area (TPSA) is 66.8 Å². The fraction of sp³-hybridized carbons (Fsp3) is 0.294. The van der Waals surface area contributed by atoms with E-state index < -0.39 is 5.97 Å². The lowest BCUT2D eigenvalue weighted by molar-refractivity contribution is -0.137. The number of para-hydroxylation sites is 1. The van der Waals surface area contributed by atoms with Crippen molar-refractivity contribution in [3.05, 3.63) is 50.6 Å². The summed E-state index contributed by atoms with van der Waals surface area (Å²) in [5, 5.41) is 1.78. The van der Waals surface area contributed by atoms with Gasteiger partial charge < -0.3 is 14.2 Å². The van der Waals surface area contributed by atoms with Gasteiger partial charge in [0.2, 0.25) is 0 Å². The number of nitrogens with zero attached hydrogens (tertiary/aromatic N) is 1. The van der Waals surface area contributed by atoms with Crippen LogP contribution in [0.3, 0.4) is 0 Å². The Bertz CT molecular complexity index is 791. The van der Waals surface area contributed by atoms with Gasteiger partial charge in [-0.3, -0.25) is 9.36 Å². The Morgan fingerprint density at radius 1 is 1.29 bits per heavy atom. The second-order valence-electron chi connectivity index (χ2n) is 4.88. The molecule has 0 radical (unpaired) electrons. The predicted molar refractivity (Wildman–Crippen MR) is 92.9 cm³/mol. The van der Waals surface area contributed by atoms with Gasteiger partial charge in [-0.2, -0.15) is 0 Å². The van der Waals surface area contributed by atoms with Gasteiger partial charge in [-0.15, -0.1) is 0 Å². The Kier molecular flexibility index (Phi) is 6.20. The zero-order valence-corrected chi connectivity index (χ0v) is 14.6. The molecule has 0 aliphatic rings. The monoisotopic (exact) mass is 349 g/mol. The summed E-state index contributed by atoms with van der Waals surface area (Å²) in [6.07, 6.45) is 2.92. The highest BCUT2D eigenvalue weighted by atomic mass is 32.1. The van der Waals surface area contributed by atoms with Gasteiger partial charge in [-0.1, -0.05) is 23.5 Å². The van der Waals surface area contributed by atoms with E-state index in [0.29, 0.717) is 23.6 Å². The predicted octanol–water partition coefficient (Wildman–Crippen LogP) is 2.49. The van der Waals surface area contributed by atoms with Crippen LogP contribution < -0.4 is 14.3 Å². The third kappa shape index (κ3) is 4.26. The van der Waals surface area contributed by atoms with Crippen molar-refractivity contribution in [2.45, 2.75) is 13.5 Å². The van der Waals surface area contributed by atoms with Crippen LogP contribution in [0.15, 0.2) is 34.4 Å². The van der Waals surface area contributed by atoms with Crippen LogP contribution in [-0.4, -0.2) is 31.4 Å². The summed E-state index contributed by atoms with van der Waals surface area (Å²) in [4.78, 5) is 23.3. The molecule has 1 aromatic carbocycles. The van der Waals surface area contributed by atoms with Gasteiger partial charge in [0, 0.05) is 22.7 Å². The van der Waals surface area contributed by atoms with Crippen LogP contribution >= 0.6 is 11.3 Å². The summed E-state index contributed by atoms with van der Waals surface area (Å²) in [6, 6.07) is 5.38. The quantitative estimate of drug-likeness (QED) is 0.567. The average Bonchev–Trinajstić information content (AvgIpc) is 2.91. The van der Waals surface area contributed by atoms with Crippen LogP contribution in [-0.2, 0) is 16.1 Å². The smallest absolute Gasteiger partial charge is 0.330 e. The number of carbonyl (C=O) groups excluding carboxylic acids is 1. The maximum Gasteiger partial charge on any atom is 0.330 e. The Hall–Kier alpha value is -2.54. The molecule has 2 rings (SSSR count). The molecule has 0 atom stereocenters. The minimum absolute atomic E-state index is 0.0554. The number of aromatic nitrogens is 1. The molecule has 0 N–H and O–H groups in total. The maximum absolute atomic E-state index is 11.8. The minimum Gasteiger partial charge on any atom is -0.493 e. The van der Waals surface area contributed by atoms with E-state index in [-0.39, 0.29) is 11.5 Å². The van der Waals surface area contributed by atoms with Crippen molar-refractivity contribution in [3.8, 4) is 11.5 Å². The summed E-state index contributed by atoms with van der Waals surface area (Å²) < 4.78 is 17.2. The second kappa shape index (κ2) is 8.35. The number of aryl methyl sites for hydroxylation is 1. The van der Waals surface area contributed by atoms with E-state index >= 15 is 0 Å². The van der Waals surface area contributed by atoms with Crippen molar-refractivity contribution in [1.82, 2.24) is 4.57 Å². The number of rotatable bonds is 7.